The topological polar surface area (TPSA) is 60.4 Å². The summed E-state index contributed by atoms with van der Waals surface area (Å²) in [7, 11) is 1.80. The van der Waals surface area contributed by atoms with Crippen molar-refractivity contribution in [3.05, 3.63) is 23.8 Å². The van der Waals surface area contributed by atoms with E-state index >= 15 is 0 Å². The average Bonchev–Trinajstić information content (AvgIpc) is 3.13. The lowest BCUT2D eigenvalue weighted by Crippen LogP contribution is -2.36. The van der Waals surface area contributed by atoms with Crippen molar-refractivity contribution in [2.24, 2.45) is 11.1 Å². The van der Waals surface area contributed by atoms with Crippen LogP contribution in [0, 0.1) is 5.92 Å². The average molecular weight is 304 g/mol. The molecule has 2 heterocycles. The smallest absolute Gasteiger partial charge is 0.231 e. The van der Waals surface area contributed by atoms with Gasteiger partial charge in [0.2, 0.25) is 12.7 Å². The van der Waals surface area contributed by atoms with Crippen LogP contribution < -0.4 is 9.47 Å². The molecule has 0 spiro atoms. The molecule has 1 aromatic rings. The quantitative estimate of drug-likeness (QED) is 0.854. The summed E-state index contributed by atoms with van der Waals surface area (Å²) in [6.07, 6.45) is 0.572. The molecule has 0 bridgehead atoms. The molecule has 0 saturated carbocycles. The van der Waals surface area contributed by atoms with Crippen LogP contribution in [0.25, 0.3) is 0 Å². The van der Waals surface area contributed by atoms with Crippen LogP contribution in [-0.4, -0.2) is 43.0 Å². The van der Waals surface area contributed by atoms with Crippen molar-refractivity contribution in [2.75, 3.05) is 20.4 Å². The number of carbonyl (C=O) groups is 1. The van der Waals surface area contributed by atoms with Crippen LogP contribution in [0.2, 0.25) is 0 Å². The highest BCUT2D eigenvalue weighted by Gasteiger charge is 2.26. The standard InChI is InChI=1S/C16H20N2O4/c1-10(2)16(19)18(3)8-12-7-13(17-22-12)11-4-5-14-15(6-11)21-9-20-14/h4-6,10,12H,7-9H2,1-3H3/t12-/m1/s1. The summed E-state index contributed by atoms with van der Waals surface area (Å²) in [5.74, 6) is 1.58. The summed E-state index contributed by atoms with van der Waals surface area (Å²) in [6.45, 7) is 4.58. The molecule has 22 heavy (non-hydrogen) atoms. The summed E-state index contributed by atoms with van der Waals surface area (Å²) in [5.41, 5.74) is 1.83. The van der Waals surface area contributed by atoms with E-state index in [0.29, 0.717) is 13.0 Å². The van der Waals surface area contributed by atoms with Gasteiger partial charge in [0.25, 0.3) is 0 Å². The second-order valence-electron chi connectivity index (χ2n) is 5.91. The van der Waals surface area contributed by atoms with Crippen LogP contribution in [-0.2, 0) is 9.63 Å². The number of carbonyl (C=O) groups excluding carboxylic acids is 1. The third kappa shape index (κ3) is 2.86. The molecule has 0 fully saturated rings. The van der Waals surface area contributed by atoms with E-state index in [1.165, 1.54) is 0 Å². The zero-order valence-corrected chi connectivity index (χ0v) is 13.0. The van der Waals surface area contributed by atoms with E-state index in [2.05, 4.69) is 5.16 Å². The van der Waals surface area contributed by atoms with Crippen LogP contribution in [0.4, 0.5) is 0 Å². The SMILES string of the molecule is CC(C)C(=O)N(C)C[C@H]1CC(c2ccc3c(c2)OCO3)=NO1. The van der Waals surface area contributed by atoms with Crippen molar-refractivity contribution in [1.82, 2.24) is 4.90 Å². The fraction of sp³-hybridized carbons (Fsp3) is 0.500. The van der Waals surface area contributed by atoms with E-state index in [0.717, 1.165) is 22.8 Å². The van der Waals surface area contributed by atoms with Crippen LogP contribution in [0.15, 0.2) is 23.4 Å². The molecule has 0 saturated heterocycles. The number of fused-ring (bicyclic) bond motifs is 1. The molecule has 0 aliphatic carbocycles. The Morgan fingerprint density at radius 3 is 2.91 bits per heavy atom. The zero-order chi connectivity index (χ0) is 15.7. The first kappa shape index (κ1) is 14.7. The van der Waals surface area contributed by atoms with Gasteiger partial charge in [-0.25, -0.2) is 0 Å². The van der Waals surface area contributed by atoms with E-state index < -0.39 is 0 Å². The highest BCUT2D eigenvalue weighted by atomic mass is 16.7. The molecule has 3 rings (SSSR count). The zero-order valence-electron chi connectivity index (χ0n) is 13.0. The number of hydrogen-bond acceptors (Lipinski definition) is 5. The molecule has 1 amide bonds. The second kappa shape index (κ2) is 5.87. The molecule has 1 atom stereocenters. The largest absolute Gasteiger partial charge is 0.454 e. The predicted octanol–water partition coefficient (Wildman–Crippen LogP) is 2.02. The van der Waals surface area contributed by atoms with Crippen LogP contribution >= 0.6 is 0 Å². The third-order valence-electron chi connectivity index (χ3n) is 3.79. The van der Waals surface area contributed by atoms with Gasteiger partial charge in [-0.05, 0) is 18.2 Å². The van der Waals surface area contributed by atoms with Gasteiger partial charge in [0.1, 0.15) is 0 Å². The van der Waals surface area contributed by atoms with Gasteiger partial charge in [-0.3, -0.25) is 4.79 Å². The maximum Gasteiger partial charge on any atom is 0.231 e. The lowest BCUT2D eigenvalue weighted by atomic mass is 10.0. The maximum atomic E-state index is 11.9. The van der Waals surface area contributed by atoms with Crippen molar-refractivity contribution >= 4 is 11.6 Å². The highest BCUT2D eigenvalue weighted by molar-refractivity contribution is 6.01. The summed E-state index contributed by atoms with van der Waals surface area (Å²) in [6, 6.07) is 5.74. The van der Waals surface area contributed by atoms with Gasteiger partial charge in [-0.15, -0.1) is 0 Å². The third-order valence-corrected chi connectivity index (χ3v) is 3.79. The van der Waals surface area contributed by atoms with Gasteiger partial charge < -0.3 is 19.2 Å². The monoisotopic (exact) mass is 304 g/mol. The molecule has 1 aromatic carbocycles. The summed E-state index contributed by atoms with van der Waals surface area (Å²) < 4.78 is 10.7. The lowest BCUT2D eigenvalue weighted by molar-refractivity contribution is -0.134. The molecule has 6 heteroatoms. The Hall–Kier alpha value is -2.24. The fourth-order valence-corrected chi connectivity index (χ4v) is 2.61. The Labute approximate surface area is 129 Å². The Morgan fingerprint density at radius 1 is 1.36 bits per heavy atom. The molecule has 0 N–H and O–H groups in total. The van der Waals surface area contributed by atoms with Gasteiger partial charge in [0.15, 0.2) is 17.6 Å². The van der Waals surface area contributed by atoms with Crippen molar-refractivity contribution in [3.8, 4) is 11.5 Å². The Bertz CT molecular complexity index is 612. The first-order valence-corrected chi connectivity index (χ1v) is 7.42. The number of rotatable bonds is 4. The van der Waals surface area contributed by atoms with E-state index in [1.807, 2.05) is 32.0 Å². The van der Waals surface area contributed by atoms with Gasteiger partial charge in [-0.1, -0.05) is 19.0 Å². The van der Waals surface area contributed by atoms with Gasteiger partial charge in [0, 0.05) is 24.9 Å². The fourth-order valence-electron chi connectivity index (χ4n) is 2.61. The normalized spacial score (nSPS) is 19.1. The number of oxime groups is 1. The number of nitrogens with zero attached hydrogens (tertiary/aromatic N) is 2. The van der Waals surface area contributed by atoms with E-state index in [-0.39, 0.29) is 24.7 Å². The Kier molecular flexibility index (Phi) is 3.92. The molecule has 0 aromatic heterocycles. The van der Waals surface area contributed by atoms with Gasteiger partial charge >= 0.3 is 0 Å². The summed E-state index contributed by atoms with van der Waals surface area (Å²) in [5, 5.41) is 4.15. The van der Waals surface area contributed by atoms with E-state index in [9.17, 15) is 4.79 Å². The van der Waals surface area contributed by atoms with Gasteiger partial charge in [0.05, 0.1) is 12.3 Å². The minimum absolute atomic E-state index is 0.0133. The molecule has 2 aliphatic rings. The molecule has 118 valence electrons. The molecular weight excluding hydrogens is 284 g/mol. The number of ether oxygens (including phenoxy) is 2. The number of hydrogen-bond donors (Lipinski definition) is 0. The lowest BCUT2D eigenvalue weighted by Gasteiger charge is -2.21. The number of amides is 1. The Morgan fingerprint density at radius 2 is 2.14 bits per heavy atom. The first-order valence-electron chi connectivity index (χ1n) is 7.42. The molecule has 0 unspecified atom stereocenters. The minimum Gasteiger partial charge on any atom is -0.454 e. The van der Waals surface area contributed by atoms with Crippen molar-refractivity contribution in [3.63, 3.8) is 0 Å². The van der Waals surface area contributed by atoms with Crippen molar-refractivity contribution < 1.29 is 19.1 Å². The summed E-state index contributed by atoms with van der Waals surface area (Å²) in [4.78, 5) is 19.1. The van der Waals surface area contributed by atoms with E-state index in [4.69, 9.17) is 14.3 Å². The van der Waals surface area contributed by atoms with Crippen LogP contribution in [0.1, 0.15) is 25.8 Å². The minimum atomic E-state index is -0.104. The van der Waals surface area contributed by atoms with E-state index in [1.54, 1.807) is 11.9 Å². The maximum absolute atomic E-state index is 11.9. The molecule has 0 radical (unpaired) electrons. The van der Waals surface area contributed by atoms with Crippen molar-refractivity contribution in [1.29, 1.82) is 0 Å². The number of benzene rings is 1. The second-order valence-corrected chi connectivity index (χ2v) is 5.91. The van der Waals surface area contributed by atoms with Gasteiger partial charge in [-0.2, -0.15) is 0 Å². The summed E-state index contributed by atoms with van der Waals surface area (Å²) >= 11 is 0. The predicted molar refractivity (Wildman–Crippen MR) is 81.1 cm³/mol. The molecule has 2 aliphatic heterocycles. The van der Waals surface area contributed by atoms with Crippen LogP contribution in [0.5, 0.6) is 11.5 Å². The molecular formula is C16H20N2O4. The number of likely N-dealkylation sites (N-methyl/N-ethyl adjacent to an activating group) is 1. The Balaban J connectivity index is 1.61. The first-order chi connectivity index (χ1) is 10.5. The highest BCUT2D eigenvalue weighted by Crippen LogP contribution is 2.33. The van der Waals surface area contributed by atoms with Crippen molar-refractivity contribution in [2.45, 2.75) is 26.4 Å². The molecule has 6 nitrogen and oxygen atoms in total. The van der Waals surface area contributed by atoms with Crippen LogP contribution in [0.3, 0.4) is 0 Å².